The van der Waals surface area contributed by atoms with Gasteiger partial charge in [-0.1, -0.05) is 59.9 Å². The number of halogens is 7. The Bertz CT molecular complexity index is 2790. The zero-order chi connectivity index (χ0) is 60.1. The summed E-state index contributed by atoms with van der Waals surface area (Å²) < 4.78 is 93.4. The topological polar surface area (TPSA) is 298 Å². The van der Waals surface area contributed by atoms with Gasteiger partial charge < -0.3 is 47.9 Å². The van der Waals surface area contributed by atoms with Gasteiger partial charge in [0.25, 0.3) is 17.5 Å². The lowest BCUT2D eigenvalue weighted by Crippen LogP contribution is -2.45. The predicted octanol–water partition coefficient (Wildman–Crippen LogP) is 8.29. The third-order valence-corrected chi connectivity index (χ3v) is 11.8. The molecule has 0 spiro atoms. The molecule has 2 heterocycles. The van der Waals surface area contributed by atoms with Crippen molar-refractivity contribution >= 4 is 110 Å². The second-order valence-electron chi connectivity index (χ2n) is 17.2. The zero-order valence-corrected chi connectivity index (χ0v) is 49.3. The largest absolute Gasteiger partial charge is 0.778 e. The number of rotatable bonds is 17. The number of benzene rings is 3. The number of amides is 3. The van der Waals surface area contributed by atoms with Crippen LogP contribution >= 0.6 is 54.0 Å². The molecule has 0 saturated carbocycles. The summed E-state index contributed by atoms with van der Waals surface area (Å²) in [5.74, 6) is -2.63. The molecule has 0 radical (unpaired) electrons. The van der Waals surface area contributed by atoms with E-state index in [-0.39, 0.29) is 41.3 Å². The van der Waals surface area contributed by atoms with E-state index < -0.39 is 85.8 Å². The molecule has 3 aromatic carbocycles. The van der Waals surface area contributed by atoms with Gasteiger partial charge in [0.15, 0.2) is 4.84 Å². The summed E-state index contributed by atoms with van der Waals surface area (Å²) in [6.45, 7) is 10.1. The number of nitrogens with one attached hydrogen (secondary N) is 2. The van der Waals surface area contributed by atoms with Gasteiger partial charge in [0.1, 0.15) is 48.1 Å². The molecule has 3 unspecified atom stereocenters. The van der Waals surface area contributed by atoms with Crippen molar-refractivity contribution < 1.29 is 83.8 Å². The van der Waals surface area contributed by atoms with Crippen molar-refractivity contribution in [2.75, 3.05) is 68.9 Å². The number of aliphatic carboxylic acids is 1. The molecule has 1 aliphatic heterocycles. The van der Waals surface area contributed by atoms with Gasteiger partial charge in [-0.05, 0) is 92.5 Å². The molecular weight excluding hydrogens is 1180 g/mol. The van der Waals surface area contributed by atoms with Crippen LogP contribution in [0.1, 0.15) is 66.6 Å². The number of carbonyl (C=O) groups excluding carboxylic acids is 3. The van der Waals surface area contributed by atoms with E-state index in [4.69, 9.17) is 75.0 Å². The number of anilines is 1. The number of ether oxygens (including phenoxy) is 3. The number of hydrogen-bond donors (Lipinski definition) is 4. The van der Waals surface area contributed by atoms with Gasteiger partial charge >= 0.3 is 12.1 Å². The van der Waals surface area contributed by atoms with Gasteiger partial charge in [-0.3, -0.25) is 34.6 Å². The molecule has 1 aromatic heterocycles. The van der Waals surface area contributed by atoms with Crippen LogP contribution in [0.5, 0.6) is 11.5 Å². The molecule has 0 bridgehead atoms. The molecular formula is C47H61Cl4F3N5O16PS2. The number of methoxy groups -OCH3 is 1. The van der Waals surface area contributed by atoms with Crippen LogP contribution in [0.25, 0.3) is 0 Å². The Morgan fingerprint density at radius 2 is 1.69 bits per heavy atom. The molecule has 78 heavy (non-hydrogen) atoms. The van der Waals surface area contributed by atoms with Crippen molar-refractivity contribution in [2.24, 2.45) is 0 Å². The summed E-state index contributed by atoms with van der Waals surface area (Å²) in [5, 5.41) is 20.6. The lowest BCUT2D eigenvalue weighted by molar-refractivity contribution is -0.385. The van der Waals surface area contributed by atoms with E-state index in [1.807, 2.05) is 37.4 Å². The van der Waals surface area contributed by atoms with E-state index in [1.54, 1.807) is 42.9 Å². The smallest absolute Gasteiger partial charge is 0.416 e. The number of carbonyl (C=O) groups is 4. The monoisotopic (exact) mass is 1240 g/mol. The fourth-order valence-electron chi connectivity index (χ4n) is 6.59. The second-order valence-corrected chi connectivity index (χ2v) is 24.7. The fourth-order valence-corrected chi connectivity index (χ4v) is 8.01. The maximum Gasteiger partial charge on any atom is 0.416 e. The Morgan fingerprint density at radius 1 is 1.08 bits per heavy atom. The van der Waals surface area contributed by atoms with Crippen LogP contribution < -0.4 is 24.6 Å². The highest BCUT2D eigenvalue weighted by Crippen LogP contribution is 2.39. The highest BCUT2D eigenvalue weighted by atomic mass is 35.5. The minimum Gasteiger partial charge on any atom is -0.778 e. The minimum atomic E-state index is -4.62. The third-order valence-electron chi connectivity index (χ3n) is 9.68. The van der Waals surface area contributed by atoms with Crippen molar-refractivity contribution in [1.82, 2.24) is 14.9 Å². The van der Waals surface area contributed by atoms with Crippen LogP contribution in [0, 0.1) is 17.0 Å². The third kappa shape index (κ3) is 25.2. The average Bonchev–Trinajstić information content (AvgIpc) is 3.96. The summed E-state index contributed by atoms with van der Waals surface area (Å²) in [6, 6.07) is 14.7. The number of nitrogens with zero attached hydrogens (tertiary/aromatic N) is 3. The molecule has 1 fully saturated rings. The number of carboxylic acids is 1. The molecule has 1 aliphatic rings. The van der Waals surface area contributed by atoms with Crippen molar-refractivity contribution in [3.05, 3.63) is 116 Å². The van der Waals surface area contributed by atoms with Gasteiger partial charge in [0.05, 0.1) is 84.5 Å². The first-order chi connectivity index (χ1) is 35.9. The number of alkyl halides is 6. The highest BCUT2D eigenvalue weighted by Gasteiger charge is 2.45. The van der Waals surface area contributed by atoms with Crippen LogP contribution in [-0.2, 0) is 61.9 Å². The Hall–Kier alpha value is -4.70. The molecule has 4 N–H and O–H groups in total. The first kappa shape index (κ1) is 71.3. The quantitative estimate of drug-likeness (QED) is 0.0254. The molecule has 31 heteroatoms. The van der Waals surface area contributed by atoms with Crippen LogP contribution in [0.15, 0.2) is 77.4 Å². The molecule has 5 rings (SSSR count). The van der Waals surface area contributed by atoms with E-state index in [0.717, 1.165) is 47.5 Å². The van der Waals surface area contributed by atoms with Crippen molar-refractivity contribution in [3.8, 4) is 11.5 Å². The van der Waals surface area contributed by atoms with Gasteiger partial charge in [0.2, 0.25) is 15.9 Å². The maximum absolute atomic E-state index is 12.7. The maximum atomic E-state index is 12.7. The summed E-state index contributed by atoms with van der Waals surface area (Å²) in [4.78, 5) is 76.1. The number of aryl methyl sites for hydroxylation is 2. The number of nitro benzene ring substituents is 1. The van der Waals surface area contributed by atoms with Crippen LogP contribution in [-0.4, -0.2) is 133 Å². The Kier molecular flexibility index (Phi) is 29.7. The minimum absolute atomic E-state index is 0.0223. The van der Waals surface area contributed by atoms with E-state index in [0.29, 0.717) is 48.2 Å². The van der Waals surface area contributed by atoms with Crippen LogP contribution in [0.3, 0.4) is 0 Å². The van der Waals surface area contributed by atoms with E-state index in [1.165, 1.54) is 4.90 Å². The normalized spacial score (nSPS) is 14.8. The summed E-state index contributed by atoms with van der Waals surface area (Å²) in [5.41, 5.74) is 0.128. The van der Waals surface area contributed by atoms with Gasteiger partial charge in [-0.15, -0.1) is 11.6 Å². The number of carboxylic acid groups (broad SMARTS) is 1. The first-order valence-corrected chi connectivity index (χ1v) is 30.4. The van der Waals surface area contributed by atoms with E-state index in [9.17, 15) is 60.3 Å². The number of sulfonamides is 1. The van der Waals surface area contributed by atoms with Crippen molar-refractivity contribution in [3.63, 3.8) is 0 Å². The predicted molar refractivity (Wildman–Crippen MR) is 291 cm³/mol. The van der Waals surface area contributed by atoms with Crippen molar-refractivity contribution in [2.45, 2.75) is 69.9 Å². The number of para-hydroxylation sites is 1. The Morgan fingerprint density at radius 3 is 2.15 bits per heavy atom. The molecule has 3 amide bonds. The van der Waals surface area contributed by atoms with Crippen LogP contribution in [0.4, 0.5) is 24.5 Å². The van der Waals surface area contributed by atoms with Crippen LogP contribution in [0.2, 0.25) is 5.02 Å². The number of nitro groups is 1. The molecule has 436 valence electrons. The fraction of sp³-hybridized carbons (Fsp3) is 0.447. The Balaban J connectivity index is 0.000000534. The molecule has 0 aliphatic carbocycles. The molecule has 3 atom stereocenters. The summed E-state index contributed by atoms with van der Waals surface area (Å²) in [6.07, 6.45) is 4.10. The van der Waals surface area contributed by atoms with E-state index in [2.05, 4.69) is 31.8 Å². The number of furan rings is 1. The lowest BCUT2D eigenvalue weighted by atomic mass is 10.0. The van der Waals surface area contributed by atoms with Crippen molar-refractivity contribution in [1.29, 1.82) is 0 Å². The SMILES string of the molecule is CC1(C)OC(c2ccco2)CN1C(=O)C(Cl)Cl.CCc1cccc(C)c1N(C(=O)CCl)C(C)COC.CS(=O)(=O)NC(=O)c1cc(Oc2ccc(C(F)(F)F)cc2Cl)ccc1[N+](=O)[O-].C[S+](C)C.O=C(O)CNCP(=O)([O-])O. The lowest BCUT2D eigenvalue weighted by Gasteiger charge is -2.31. The van der Waals surface area contributed by atoms with Gasteiger partial charge in [-0.25, -0.2) is 13.1 Å². The average molecular weight is 1250 g/mol. The Labute approximate surface area is 472 Å². The zero-order valence-electron chi connectivity index (χ0n) is 43.8. The standard InChI is InChI=1S/C15H10ClF3N2O6S.C15H22ClNO2.C11H13Cl2NO3.C3H8NO5P.C3H9S/c1-28(25,26)20-14(22)10-7-9(3-4-12(10)21(23)24)27-13-5-2-8(6-11(13)16)15(17,18)19;1-5-13-8-6-7-11(2)15(13)17(14(18)9-16)12(3)10-19-4;1-11(2)14(10(15)9(12)13)6-8(17-11)7-4-3-5-16-7;5-3(6)1-4-2-10(7,8)9;1-4(2)3/h2-7H,1H3,(H,20,22);6-8,12H,5,9-10H2,1-4H3;3-5,8-9H,6H2,1-2H3;4H,1-2H2,(H,5,6)(H2,7,8,9);1-3H3/q;;;;+1/p-1. The summed E-state index contributed by atoms with van der Waals surface area (Å²) in [7, 11) is -6.07. The van der Waals surface area contributed by atoms with Gasteiger partial charge in [-0.2, -0.15) is 13.2 Å². The summed E-state index contributed by atoms with van der Waals surface area (Å²) >= 11 is 22.7. The van der Waals surface area contributed by atoms with E-state index >= 15 is 0 Å². The highest BCUT2D eigenvalue weighted by molar-refractivity contribution is 7.94. The van der Waals surface area contributed by atoms with Gasteiger partial charge in [0, 0.05) is 19.2 Å². The number of hydrogen-bond acceptors (Lipinski definition) is 15. The molecule has 21 nitrogen and oxygen atoms in total. The molecule has 1 saturated heterocycles. The second kappa shape index (κ2) is 32.5. The molecule has 4 aromatic rings. The first-order valence-electron chi connectivity index (χ1n) is 22.5.